The molecule has 1 amide bonds. The monoisotopic (exact) mass is 327 g/mol. The van der Waals surface area contributed by atoms with Crippen LogP contribution in [0.15, 0.2) is 22.7 Å². The van der Waals surface area contributed by atoms with Gasteiger partial charge in [-0.3, -0.25) is 9.59 Å². The second-order valence-corrected chi connectivity index (χ2v) is 5.53. The third-order valence-electron chi connectivity index (χ3n) is 2.94. The minimum atomic E-state index is -0.946. The van der Waals surface area contributed by atoms with Gasteiger partial charge in [0.25, 0.3) is 0 Å². The number of benzene rings is 1. The van der Waals surface area contributed by atoms with Crippen molar-refractivity contribution in [2.75, 3.05) is 6.54 Å². The average Bonchev–Trinajstić information content (AvgIpc) is 2.33. The zero-order valence-corrected chi connectivity index (χ0v) is 12.7. The molecular weight excluding hydrogens is 310 g/mol. The van der Waals surface area contributed by atoms with Crippen molar-refractivity contribution >= 4 is 27.8 Å². The van der Waals surface area contributed by atoms with Gasteiger partial charge in [-0.1, -0.05) is 28.9 Å². The molecule has 104 valence electrons. The highest BCUT2D eigenvalue weighted by Crippen LogP contribution is 2.16. The van der Waals surface area contributed by atoms with Gasteiger partial charge in [0, 0.05) is 17.4 Å². The lowest BCUT2D eigenvalue weighted by Gasteiger charge is -2.09. The second kappa shape index (κ2) is 7.28. The summed E-state index contributed by atoms with van der Waals surface area (Å²) in [5, 5.41) is 11.5. The Morgan fingerprint density at radius 3 is 2.74 bits per heavy atom. The molecule has 0 aliphatic carbocycles. The number of aryl methyl sites for hydroxylation is 1. The molecule has 0 bridgehead atoms. The Bertz CT molecular complexity index is 474. The van der Waals surface area contributed by atoms with Crippen molar-refractivity contribution < 1.29 is 14.7 Å². The molecule has 0 aliphatic rings. The number of carboxylic acid groups (broad SMARTS) is 1. The summed E-state index contributed by atoms with van der Waals surface area (Å²) in [6, 6.07) is 6.03. The molecular formula is C14H18BrNO3. The van der Waals surface area contributed by atoms with Crippen LogP contribution in [0.5, 0.6) is 0 Å². The van der Waals surface area contributed by atoms with Gasteiger partial charge in [0.2, 0.25) is 5.91 Å². The summed E-state index contributed by atoms with van der Waals surface area (Å²) in [4.78, 5) is 22.1. The molecule has 4 nitrogen and oxygen atoms in total. The Morgan fingerprint density at radius 2 is 2.11 bits per heavy atom. The van der Waals surface area contributed by atoms with E-state index in [1.54, 1.807) is 0 Å². The normalized spacial score (nSPS) is 11.9. The van der Waals surface area contributed by atoms with E-state index < -0.39 is 11.9 Å². The van der Waals surface area contributed by atoms with Crippen LogP contribution >= 0.6 is 15.9 Å². The maximum atomic E-state index is 11.5. The summed E-state index contributed by atoms with van der Waals surface area (Å²) < 4.78 is 1.01. The Labute approximate surface area is 121 Å². The average molecular weight is 328 g/mol. The first kappa shape index (κ1) is 15.7. The van der Waals surface area contributed by atoms with E-state index in [0.717, 1.165) is 10.9 Å². The molecule has 0 spiro atoms. The lowest BCUT2D eigenvalue weighted by Crippen LogP contribution is -2.29. The minimum absolute atomic E-state index is 0.0206. The molecule has 1 atom stereocenters. The van der Waals surface area contributed by atoms with Crippen molar-refractivity contribution in [1.29, 1.82) is 0 Å². The van der Waals surface area contributed by atoms with Crippen LogP contribution in [0.3, 0.4) is 0 Å². The van der Waals surface area contributed by atoms with Gasteiger partial charge in [-0.2, -0.15) is 0 Å². The van der Waals surface area contributed by atoms with E-state index in [9.17, 15) is 9.59 Å². The number of rotatable bonds is 6. The Balaban J connectivity index is 2.40. The maximum absolute atomic E-state index is 11.5. The van der Waals surface area contributed by atoms with E-state index in [4.69, 9.17) is 5.11 Å². The van der Waals surface area contributed by atoms with Crippen LogP contribution in [0.25, 0.3) is 0 Å². The van der Waals surface area contributed by atoms with E-state index in [1.165, 1.54) is 18.1 Å². The largest absolute Gasteiger partial charge is 0.481 e. The molecule has 0 aromatic heterocycles. The van der Waals surface area contributed by atoms with Crippen LogP contribution in [-0.4, -0.2) is 23.5 Å². The predicted molar refractivity (Wildman–Crippen MR) is 77.0 cm³/mol. The van der Waals surface area contributed by atoms with Gasteiger partial charge in [-0.15, -0.1) is 0 Å². The molecule has 0 heterocycles. The topological polar surface area (TPSA) is 66.4 Å². The van der Waals surface area contributed by atoms with Crippen molar-refractivity contribution in [2.45, 2.75) is 26.7 Å². The summed E-state index contributed by atoms with van der Waals surface area (Å²) in [5.41, 5.74) is 2.34. The Morgan fingerprint density at radius 1 is 1.42 bits per heavy atom. The summed E-state index contributed by atoms with van der Waals surface area (Å²) in [5.74, 6) is -1.81. The van der Waals surface area contributed by atoms with Gasteiger partial charge >= 0.3 is 5.97 Å². The molecule has 0 radical (unpaired) electrons. The van der Waals surface area contributed by atoms with Crippen LogP contribution in [0.2, 0.25) is 0 Å². The van der Waals surface area contributed by atoms with Crippen molar-refractivity contribution in [2.24, 2.45) is 5.92 Å². The molecule has 2 N–H and O–H groups in total. The highest BCUT2D eigenvalue weighted by Gasteiger charge is 2.15. The number of nitrogens with one attached hydrogen (secondary N) is 1. The van der Waals surface area contributed by atoms with Crippen LogP contribution < -0.4 is 5.32 Å². The summed E-state index contributed by atoms with van der Waals surface area (Å²) in [6.07, 6.45) is 0.755. The van der Waals surface area contributed by atoms with E-state index in [2.05, 4.69) is 21.2 Å². The molecule has 5 heteroatoms. The molecule has 0 saturated carbocycles. The molecule has 1 aromatic carbocycles. The van der Waals surface area contributed by atoms with Crippen molar-refractivity contribution in [3.05, 3.63) is 33.8 Å². The summed E-state index contributed by atoms with van der Waals surface area (Å²) >= 11 is 3.41. The minimum Gasteiger partial charge on any atom is -0.481 e. The van der Waals surface area contributed by atoms with Gasteiger partial charge in [-0.05, 0) is 36.6 Å². The van der Waals surface area contributed by atoms with E-state index >= 15 is 0 Å². The highest BCUT2D eigenvalue weighted by atomic mass is 79.9. The quantitative estimate of drug-likeness (QED) is 0.843. The maximum Gasteiger partial charge on any atom is 0.306 e. The number of amides is 1. The van der Waals surface area contributed by atoms with Crippen LogP contribution in [-0.2, 0) is 16.0 Å². The molecule has 19 heavy (non-hydrogen) atoms. The van der Waals surface area contributed by atoms with Crippen molar-refractivity contribution in [3.63, 3.8) is 0 Å². The zero-order chi connectivity index (χ0) is 14.4. The molecule has 0 aliphatic heterocycles. The lowest BCUT2D eigenvalue weighted by atomic mass is 10.1. The van der Waals surface area contributed by atoms with E-state index in [1.807, 2.05) is 25.1 Å². The SMILES string of the molecule is Cc1ccc(Br)cc1CCNC(=O)CC(C)C(=O)O. The number of halogens is 1. The predicted octanol–water partition coefficient (Wildman–Crippen LogP) is 2.53. The Hall–Kier alpha value is -1.36. The molecule has 1 rings (SSSR count). The first-order chi connectivity index (χ1) is 8.90. The van der Waals surface area contributed by atoms with Gasteiger partial charge < -0.3 is 10.4 Å². The number of hydrogen-bond acceptors (Lipinski definition) is 2. The fraction of sp³-hybridized carbons (Fsp3) is 0.429. The first-order valence-corrected chi connectivity index (χ1v) is 6.94. The molecule has 0 saturated heterocycles. The first-order valence-electron chi connectivity index (χ1n) is 6.14. The standard InChI is InChI=1S/C14H18BrNO3/c1-9-3-4-12(15)8-11(9)5-6-16-13(17)7-10(2)14(18)19/h3-4,8,10H,5-7H2,1-2H3,(H,16,17)(H,18,19). The summed E-state index contributed by atoms with van der Waals surface area (Å²) in [6.45, 7) is 4.07. The lowest BCUT2D eigenvalue weighted by molar-refractivity contribution is -0.143. The van der Waals surface area contributed by atoms with Crippen molar-refractivity contribution in [3.8, 4) is 0 Å². The van der Waals surface area contributed by atoms with Gasteiger partial charge in [-0.25, -0.2) is 0 Å². The third-order valence-corrected chi connectivity index (χ3v) is 3.43. The van der Waals surface area contributed by atoms with Gasteiger partial charge in [0.15, 0.2) is 0 Å². The fourth-order valence-corrected chi connectivity index (χ4v) is 2.09. The molecule has 1 unspecified atom stereocenters. The number of hydrogen-bond donors (Lipinski definition) is 2. The summed E-state index contributed by atoms with van der Waals surface area (Å²) in [7, 11) is 0. The van der Waals surface area contributed by atoms with E-state index in [-0.39, 0.29) is 12.3 Å². The highest BCUT2D eigenvalue weighted by molar-refractivity contribution is 9.10. The fourth-order valence-electron chi connectivity index (χ4n) is 1.68. The number of aliphatic carboxylic acids is 1. The second-order valence-electron chi connectivity index (χ2n) is 4.61. The van der Waals surface area contributed by atoms with Gasteiger partial charge in [0.1, 0.15) is 0 Å². The van der Waals surface area contributed by atoms with E-state index in [0.29, 0.717) is 6.54 Å². The van der Waals surface area contributed by atoms with Gasteiger partial charge in [0.05, 0.1) is 5.92 Å². The molecule has 1 aromatic rings. The number of carboxylic acids is 1. The number of carbonyl (C=O) groups is 2. The smallest absolute Gasteiger partial charge is 0.306 e. The molecule has 0 fully saturated rings. The van der Waals surface area contributed by atoms with Crippen LogP contribution in [0.4, 0.5) is 0 Å². The number of carbonyl (C=O) groups excluding carboxylic acids is 1. The third kappa shape index (κ3) is 5.42. The Kier molecular flexibility index (Phi) is 6.02. The van der Waals surface area contributed by atoms with Crippen molar-refractivity contribution in [1.82, 2.24) is 5.32 Å². The van der Waals surface area contributed by atoms with Crippen LogP contribution in [0.1, 0.15) is 24.5 Å². The zero-order valence-electron chi connectivity index (χ0n) is 11.1. The van der Waals surface area contributed by atoms with Crippen LogP contribution in [0, 0.1) is 12.8 Å².